The first-order valence-corrected chi connectivity index (χ1v) is 14.8. The number of hydrogen-bond donors (Lipinski definition) is 3. The Kier molecular flexibility index (Phi) is 8.82. The van der Waals surface area contributed by atoms with E-state index in [2.05, 4.69) is 47.8 Å². The summed E-state index contributed by atoms with van der Waals surface area (Å²) in [6.07, 6.45) is 0.957. The number of alkyl halides is 2. The monoisotopic (exact) mass is 574 g/mol. The third kappa shape index (κ3) is 7.98. The van der Waals surface area contributed by atoms with Gasteiger partial charge in [0.25, 0.3) is 0 Å². The first-order valence-electron chi connectivity index (χ1n) is 11.0. The summed E-state index contributed by atoms with van der Waals surface area (Å²) < 4.78 is 35.3. The zero-order valence-corrected chi connectivity index (χ0v) is 21.7. The first kappa shape index (κ1) is 26.0. The molecule has 8 heteroatoms. The molecule has 2 aromatic carbocycles. The van der Waals surface area contributed by atoms with Gasteiger partial charge in [-0.25, -0.2) is 0 Å². The fourth-order valence-electron chi connectivity index (χ4n) is 3.91. The van der Waals surface area contributed by atoms with Crippen molar-refractivity contribution in [3.05, 3.63) is 70.3 Å². The van der Waals surface area contributed by atoms with Crippen LogP contribution in [0.5, 0.6) is 0 Å². The number of carbonyl (C=O) groups is 1. The van der Waals surface area contributed by atoms with Crippen LogP contribution in [0.25, 0.3) is 0 Å². The molecule has 0 spiro atoms. The van der Waals surface area contributed by atoms with Crippen LogP contribution in [-0.2, 0) is 27.0 Å². The zero-order valence-electron chi connectivity index (χ0n) is 19.6. The number of amides is 1. The van der Waals surface area contributed by atoms with E-state index in [1.807, 2.05) is 0 Å². The molecule has 0 saturated heterocycles. The maximum absolute atomic E-state index is 13.6. The molecule has 0 bridgehead atoms. The fraction of sp³-hybridized carbons (Fsp3) is 0.480. The van der Waals surface area contributed by atoms with Crippen molar-refractivity contribution in [3.63, 3.8) is 0 Å². The van der Waals surface area contributed by atoms with E-state index in [1.54, 1.807) is 0 Å². The predicted molar refractivity (Wildman–Crippen MR) is 134 cm³/mol. The molecule has 0 aromatic heterocycles. The van der Waals surface area contributed by atoms with Crippen molar-refractivity contribution in [2.45, 2.75) is 55.3 Å². The molecule has 1 aliphatic rings. The number of hydrogen-bond acceptors (Lipinski definition) is 4. The Bertz CT molecular complexity index is 960. The van der Waals surface area contributed by atoms with Gasteiger partial charge in [-0.2, -0.15) is 0 Å². The molecule has 2 aromatic rings. The number of halogens is 3. The van der Waals surface area contributed by atoms with E-state index in [1.165, 1.54) is 30.2 Å². The van der Waals surface area contributed by atoms with Gasteiger partial charge in [0.15, 0.2) is 0 Å². The first-order chi connectivity index (χ1) is 15.5. The number of rotatable bonds is 8. The van der Waals surface area contributed by atoms with Crippen LogP contribution in [0.3, 0.4) is 0 Å². The van der Waals surface area contributed by atoms with Gasteiger partial charge < -0.3 is 0 Å². The molecule has 33 heavy (non-hydrogen) atoms. The minimum absolute atomic E-state index is 0.0787. The number of ether oxygens (including phenoxy) is 1. The van der Waals surface area contributed by atoms with Gasteiger partial charge in [0.2, 0.25) is 0 Å². The quantitative estimate of drug-likeness (QED) is 0.241. The number of benzene rings is 2. The number of fused-ring (bicyclic) bond motifs is 1. The van der Waals surface area contributed by atoms with Crippen LogP contribution in [0, 0.1) is 17.0 Å². The van der Waals surface area contributed by atoms with E-state index in [0.717, 1.165) is 18.1 Å². The molecular weight excluding hydrogens is 541 g/mol. The van der Waals surface area contributed by atoms with Crippen molar-refractivity contribution in [1.82, 2.24) is 8.85 Å². The minimum atomic E-state index is -2.54. The molecule has 1 heterocycles. The summed E-state index contributed by atoms with van der Waals surface area (Å²) in [5.74, 6) is -1.59. The van der Waals surface area contributed by atoms with Crippen molar-refractivity contribution in [2.75, 3.05) is 13.2 Å². The second-order valence-corrected chi connectivity index (χ2v) is 14.6. The van der Waals surface area contributed by atoms with Gasteiger partial charge in [0.1, 0.15) is 0 Å². The van der Waals surface area contributed by atoms with Gasteiger partial charge in [-0.3, -0.25) is 0 Å². The third-order valence-electron chi connectivity index (χ3n) is 5.17. The number of aliphatic hydroxyl groups is 1. The van der Waals surface area contributed by atoms with Gasteiger partial charge in [-0.05, 0) is 0 Å². The van der Waals surface area contributed by atoms with Crippen molar-refractivity contribution in [2.24, 2.45) is 5.41 Å². The second kappa shape index (κ2) is 11.2. The molecule has 2 unspecified atom stereocenters. The molecule has 182 valence electrons. The molecule has 2 atom stereocenters. The van der Waals surface area contributed by atoms with E-state index in [0.29, 0.717) is 18.8 Å². The van der Waals surface area contributed by atoms with Crippen molar-refractivity contribution < 1.29 is 23.4 Å². The number of carbonyl (C=O) groups excluding carboxylic acids is 1. The molecule has 3 N–H and O–H groups in total. The summed E-state index contributed by atoms with van der Waals surface area (Å²) in [7, 11) is 0. The Morgan fingerprint density at radius 1 is 1.18 bits per heavy atom. The van der Waals surface area contributed by atoms with Crippen LogP contribution in [-0.4, -0.2) is 28.3 Å². The SMILES string of the molecule is CC(=O)NI(Cc1cc(F)cc(F)c1)C(O)CNC1COCc2ccc(CC(C)(C)C)cc21. The normalized spacial score (nSPS) is 17.3. The Morgan fingerprint density at radius 3 is 2.52 bits per heavy atom. The summed E-state index contributed by atoms with van der Waals surface area (Å²) in [5.41, 5.74) is 4.16. The topological polar surface area (TPSA) is 70.6 Å². The number of nitrogens with one attached hydrogen (secondary N) is 2. The van der Waals surface area contributed by atoms with Crippen LogP contribution in [0.2, 0.25) is 0 Å². The Labute approximate surface area is 202 Å². The Hall–Kier alpha value is -1.62. The average Bonchev–Trinajstić information content (AvgIpc) is 2.69. The molecule has 0 fully saturated rings. The van der Waals surface area contributed by atoms with Gasteiger partial charge in [0, 0.05) is 0 Å². The van der Waals surface area contributed by atoms with E-state index in [9.17, 15) is 18.7 Å². The summed E-state index contributed by atoms with van der Waals surface area (Å²) in [6.45, 7) is 9.31. The van der Waals surface area contributed by atoms with Crippen molar-refractivity contribution in [3.8, 4) is 0 Å². The van der Waals surface area contributed by atoms with Crippen molar-refractivity contribution >= 4 is 26.0 Å². The molecule has 1 amide bonds. The van der Waals surface area contributed by atoms with E-state index < -0.39 is 35.8 Å². The summed E-state index contributed by atoms with van der Waals surface area (Å²) in [6, 6.07) is 9.69. The van der Waals surface area contributed by atoms with Crippen LogP contribution in [0.15, 0.2) is 36.4 Å². The van der Waals surface area contributed by atoms with Gasteiger partial charge in [-0.1, -0.05) is 0 Å². The van der Waals surface area contributed by atoms with Gasteiger partial charge >= 0.3 is 202 Å². The average molecular weight is 574 g/mol. The second-order valence-electron chi connectivity index (χ2n) is 9.64. The van der Waals surface area contributed by atoms with E-state index >= 15 is 0 Å². The van der Waals surface area contributed by atoms with Crippen LogP contribution in [0.1, 0.15) is 56.0 Å². The zero-order chi connectivity index (χ0) is 24.2. The molecular formula is C25H33F2IN2O3. The van der Waals surface area contributed by atoms with E-state index in [-0.39, 0.29) is 28.3 Å². The van der Waals surface area contributed by atoms with E-state index in [4.69, 9.17) is 4.74 Å². The summed E-state index contributed by atoms with van der Waals surface area (Å²) >= 11 is -2.54. The predicted octanol–water partition coefficient (Wildman–Crippen LogP) is 4.79. The molecule has 0 saturated carbocycles. The summed E-state index contributed by atoms with van der Waals surface area (Å²) in [5, 5.41) is 14.3. The fourth-order valence-corrected chi connectivity index (χ4v) is 8.12. The molecule has 1 aliphatic heterocycles. The molecule has 0 radical (unpaired) electrons. The molecule has 0 aliphatic carbocycles. The third-order valence-corrected chi connectivity index (χ3v) is 10.5. The Balaban J connectivity index is 1.70. The summed E-state index contributed by atoms with van der Waals surface area (Å²) in [4.78, 5) is 11.7. The van der Waals surface area contributed by atoms with Crippen LogP contribution in [0.4, 0.5) is 8.78 Å². The van der Waals surface area contributed by atoms with Gasteiger partial charge in [-0.15, -0.1) is 0 Å². The van der Waals surface area contributed by atoms with Crippen LogP contribution < -0.4 is 8.85 Å². The Morgan fingerprint density at radius 2 is 1.88 bits per heavy atom. The number of aliphatic hydroxyl groups excluding tert-OH is 1. The van der Waals surface area contributed by atoms with Crippen LogP contribution >= 0.6 is 20.1 Å². The van der Waals surface area contributed by atoms with Gasteiger partial charge in [0.05, 0.1) is 0 Å². The maximum atomic E-state index is 13.6. The molecule has 3 rings (SSSR count). The molecule has 5 nitrogen and oxygen atoms in total. The van der Waals surface area contributed by atoms with Crippen molar-refractivity contribution in [1.29, 1.82) is 0 Å². The standard InChI is InChI=1S/C25H33F2IN2O3/c1-16(31)30-28(12-18-7-20(26)10-21(27)8-18)24(32)13-29-23-15-33-14-19-6-5-17(9-22(19)23)11-25(2,3)4/h5-10,23-24,29,32H,11-15H2,1-4H3,(H,30,31).